The minimum absolute atomic E-state index is 0.0202. The molecule has 0 saturated carbocycles. The fourth-order valence-corrected chi connectivity index (χ4v) is 1.85. The molecular weight excluding hydrogens is 290 g/mol. The number of hydrogen-bond donors (Lipinski definition) is 2. The molecule has 1 unspecified atom stereocenters. The summed E-state index contributed by atoms with van der Waals surface area (Å²) in [6.07, 6.45) is 1.06. The molecule has 1 aromatic carbocycles. The lowest BCUT2D eigenvalue weighted by Gasteiger charge is -2.13. The lowest BCUT2D eigenvalue weighted by molar-refractivity contribution is -0.116. The van der Waals surface area contributed by atoms with E-state index in [9.17, 15) is 4.79 Å². The summed E-state index contributed by atoms with van der Waals surface area (Å²) < 4.78 is 5.58. The second-order valence-corrected chi connectivity index (χ2v) is 5.77. The summed E-state index contributed by atoms with van der Waals surface area (Å²) in [5.41, 5.74) is 6.29. The molecule has 21 heavy (non-hydrogen) atoms. The number of nitrogens with two attached hydrogens (primary N) is 1. The number of nitrogens with zero attached hydrogens (tertiary/aromatic N) is 1. The molecule has 1 amide bonds. The monoisotopic (exact) mass is 313 g/mol. The van der Waals surface area contributed by atoms with Crippen LogP contribution >= 0.6 is 11.6 Å². The van der Waals surface area contributed by atoms with Crippen molar-refractivity contribution in [1.82, 2.24) is 4.90 Å². The van der Waals surface area contributed by atoms with Crippen molar-refractivity contribution >= 4 is 23.2 Å². The molecule has 0 fully saturated rings. The van der Waals surface area contributed by atoms with Crippen molar-refractivity contribution in [3.63, 3.8) is 0 Å². The smallest absolute Gasteiger partial charge is 0.224 e. The number of amides is 1. The van der Waals surface area contributed by atoms with Crippen LogP contribution in [-0.4, -0.2) is 44.1 Å². The van der Waals surface area contributed by atoms with Gasteiger partial charge < -0.3 is 20.7 Å². The normalized spacial score (nSPS) is 12.3. The molecule has 3 N–H and O–H groups in total. The van der Waals surface area contributed by atoms with Crippen LogP contribution in [0.1, 0.15) is 19.8 Å². The molecule has 0 aliphatic rings. The van der Waals surface area contributed by atoms with Gasteiger partial charge in [-0.2, -0.15) is 0 Å². The highest BCUT2D eigenvalue weighted by atomic mass is 35.5. The van der Waals surface area contributed by atoms with Crippen molar-refractivity contribution in [3.05, 3.63) is 23.2 Å². The third kappa shape index (κ3) is 7.32. The molecule has 0 saturated heterocycles. The second kappa shape index (κ2) is 8.87. The highest BCUT2D eigenvalue weighted by Gasteiger charge is 2.07. The van der Waals surface area contributed by atoms with Gasteiger partial charge in [-0.05, 0) is 45.6 Å². The molecule has 0 spiro atoms. The molecule has 0 bridgehead atoms. The summed E-state index contributed by atoms with van der Waals surface area (Å²) in [4.78, 5) is 13.7. The topological polar surface area (TPSA) is 67.6 Å². The van der Waals surface area contributed by atoms with Gasteiger partial charge in [-0.25, -0.2) is 0 Å². The molecule has 6 heteroatoms. The zero-order valence-electron chi connectivity index (χ0n) is 12.9. The van der Waals surface area contributed by atoms with Crippen molar-refractivity contribution in [2.75, 3.05) is 32.6 Å². The van der Waals surface area contributed by atoms with Gasteiger partial charge in [0.2, 0.25) is 5.91 Å². The lowest BCUT2D eigenvalue weighted by Crippen LogP contribution is -2.20. The maximum absolute atomic E-state index is 11.7. The number of nitrogens with one attached hydrogen (secondary N) is 1. The Hall–Kier alpha value is -1.30. The van der Waals surface area contributed by atoms with Gasteiger partial charge in [0, 0.05) is 24.7 Å². The van der Waals surface area contributed by atoms with E-state index >= 15 is 0 Å². The Bertz CT molecular complexity index is 464. The molecular formula is C15H24ClN3O2. The third-order valence-corrected chi connectivity index (χ3v) is 3.13. The van der Waals surface area contributed by atoms with Crippen molar-refractivity contribution in [2.24, 2.45) is 5.73 Å². The number of rotatable bonds is 8. The van der Waals surface area contributed by atoms with Crippen LogP contribution in [0.3, 0.4) is 0 Å². The molecule has 5 nitrogen and oxygen atoms in total. The van der Waals surface area contributed by atoms with Crippen LogP contribution in [0.15, 0.2) is 18.2 Å². The van der Waals surface area contributed by atoms with Crippen molar-refractivity contribution in [1.29, 1.82) is 0 Å². The Morgan fingerprint density at radius 1 is 1.48 bits per heavy atom. The zero-order chi connectivity index (χ0) is 15.8. The van der Waals surface area contributed by atoms with E-state index in [0.717, 1.165) is 6.54 Å². The maximum atomic E-state index is 11.7. The molecule has 1 rings (SSSR count). The lowest BCUT2D eigenvalue weighted by atomic mass is 10.2. The molecule has 0 radical (unpaired) electrons. The van der Waals surface area contributed by atoms with Crippen LogP contribution in [0.4, 0.5) is 5.69 Å². The van der Waals surface area contributed by atoms with E-state index in [1.807, 2.05) is 25.9 Å². The van der Waals surface area contributed by atoms with E-state index < -0.39 is 0 Å². The van der Waals surface area contributed by atoms with Gasteiger partial charge in [0.25, 0.3) is 0 Å². The quantitative estimate of drug-likeness (QED) is 0.773. The van der Waals surface area contributed by atoms with E-state index in [1.165, 1.54) is 0 Å². The van der Waals surface area contributed by atoms with E-state index in [0.29, 0.717) is 35.9 Å². The number of hydrogen-bond acceptors (Lipinski definition) is 4. The largest absolute Gasteiger partial charge is 0.491 e. The molecule has 0 aromatic heterocycles. The van der Waals surface area contributed by atoms with Gasteiger partial charge in [0.05, 0.1) is 5.02 Å². The number of benzene rings is 1. The van der Waals surface area contributed by atoms with Crippen LogP contribution in [0.5, 0.6) is 5.75 Å². The Morgan fingerprint density at radius 3 is 2.76 bits per heavy atom. The van der Waals surface area contributed by atoms with Crippen molar-refractivity contribution in [2.45, 2.75) is 25.8 Å². The first kappa shape index (κ1) is 17.8. The highest BCUT2D eigenvalue weighted by Crippen LogP contribution is 2.27. The number of carbonyl (C=O) groups is 1. The predicted octanol–water partition coefficient (Wildman–Crippen LogP) is 2.35. The molecule has 0 aliphatic heterocycles. The van der Waals surface area contributed by atoms with E-state index in [2.05, 4.69) is 5.32 Å². The van der Waals surface area contributed by atoms with Crippen LogP contribution in [0.2, 0.25) is 5.02 Å². The fraction of sp³-hybridized carbons (Fsp3) is 0.533. The Labute approximate surface area is 131 Å². The predicted molar refractivity (Wildman–Crippen MR) is 87.0 cm³/mol. The van der Waals surface area contributed by atoms with Gasteiger partial charge in [-0.3, -0.25) is 4.79 Å². The first-order chi connectivity index (χ1) is 9.88. The first-order valence-corrected chi connectivity index (χ1v) is 7.39. The Kier molecular flexibility index (Phi) is 7.50. The highest BCUT2D eigenvalue weighted by molar-refractivity contribution is 6.32. The number of carbonyl (C=O) groups excluding carboxylic acids is 1. The molecule has 0 heterocycles. The summed E-state index contributed by atoms with van der Waals surface area (Å²) in [7, 11) is 3.96. The van der Waals surface area contributed by atoms with Gasteiger partial charge in [-0.1, -0.05) is 11.6 Å². The average Bonchev–Trinajstić information content (AvgIpc) is 2.38. The minimum atomic E-state index is -0.0651. The first-order valence-electron chi connectivity index (χ1n) is 7.01. The summed E-state index contributed by atoms with van der Waals surface area (Å²) in [5, 5.41) is 3.28. The van der Waals surface area contributed by atoms with E-state index in [4.69, 9.17) is 22.1 Å². The molecule has 0 aliphatic carbocycles. The average molecular weight is 314 g/mol. The summed E-state index contributed by atoms with van der Waals surface area (Å²) >= 11 is 6.15. The summed E-state index contributed by atoms with van der Waals surface area (Å²) in [6, 6.07) is 5.25. The fourth-order valence-electron chi connectivity index (χ4n) is 1.62. The van der Waals surface area contributed by atoms with Crippen LogP contribution in [-0.2, 0) is 4.79 Å². The molecule has 118 valence electrons. The standard InChI is InChI=1S/C15H24ClN3O2/c1-11(17)4-7-15(20)18-12-5-6-14(13(16)10-12)21-9-8-19(2)3/h5-6,10-11H,4,7-9,17H2,1-3H3,(H,18,20). The van der Waals surface area contributed by atoms with Gasteiger partial charge >= 0.3 is 0 Å². The van der Waals surface area contributed by atoms with Crippen molar-refractivity contribution < 1.29 is 9.53 Å². The van der Waals surface area contributed by atoms with E-state index in [1.54, 1.807) is 18.2 Å². The summed E-state index contributed by atoms with van der Waals surface area (Å²) in [6.45, 7) is 3.25. The second-order valence-electron chi connectivity index (χ2n) is 5.36. The Morgan fingerprint density at radius 2 is 2.19 bits per heavy atom. The summed E-state index contributed by atoms with van der Waals surface area (Å²) in [5.74, 6) is 0.553. The third-order valence-electron chi connectivity index (χ3n) is 2.84. The van der Waals surface area contributed by atoms with Crippen LogP contribution in [0.25, 0.3) is 0 Å². The van der Waals surface area contributed by atoms with Crippen LogP contribution in [0, 0.1) is 0 Å². The number of anilines is 1. The van der Waals surface area contributed by atoms with Gasteiger partial charge in [-0.15, -0.1) is 0 Å². The van der Waals surface area contributed by atoms with Gasteiger partial charge in [0.1, 0.15) is 12.4 Å². The van der Waals surface area contributed by atoms with Crippen LogP contribution < -0.4 is 15.8 Å². The molecule has 1 atom stereocenters. The Balaban J connectivity index is 2.51. The number of ether oxygens (including phenoxy) is 1. The SMILES string of the molecule is CC(N)CCC(=O)Nc1ccc(OCCN(C)C)c(Cl)c1. The molecule has 1 aromatic rings. The van der Waals surface area contributed by atoms with Crippen molar-refractivity contribution in [3.8, 4) is 5.75 Å². The minimum Gasteiger partial charge on any atom is -0.491 e. The zero-order valence-corrected chi connectivity index (χ0v) is 13.6. The van der Waals surface area contributed by atoms with Gasteiger partial charge in [0.15, 0.2) is 0 Å². The van der Waals surface area contributed by atoms with E-state index in [-0.39, 0.29) is 11.9 Å². The number of likely N-dealkylation sites (N-methyl/N-ethyl adjacent to an activating group) is 1. The number of halogens is 1. The maximum Gasteiger partial charge on any atom is 0.224 e.